The molecule has 6 nitrogen and oxygen atoms in total. The molecular weight excluding hydrogens is 377 g/mol. The number of benzene rings is 1. The molecule has 2 heterocycles. The van der Waals surface area contributed by atoms with E-state index in [0.717, 1.165) is 11.3 Å². The van der Waals surface area contributed by atoms with E-state index in [9.17, 15) is 4.39 Å². The van der Waals surface area contributed by atoms with Crippen LogP contribution < -0.4 is 10.6 Å². The van der Waals surface area contributed by atoms with Crippen LogP contribution in [0, 0.1) is 5.82 Å². The third kappa shape index (κ3) is 3.72. The Morgan fingerprint density at radius 2 is 2.08 bits per heavy atom. The fraction of sp³-hybridized carbons (Fsp3) is 0.125. The van der Waals surface area contributed by atoms with Gasteiger partial charge < -0.3 is 20.7 Å². The number of aromatic nitrogens is 3. The zero-order chi connectivity index (χ0) is 16.9. The minimum atomic E-state index is -0.367. The van der Waals surface area contributed by atoms with Gasteiger partial charge in [-0.3, -0.25) is 4.98 Å². The molecule has 0 atom stereocenters. The predicted molar refractivity (Wildman–Crippen MR) is 94.8 cm³/mol. The maximum Gasteiger partial charge on any atom is 0.200 e. The largest absolute Gasteiger partial charge is 0.395 e. The van der Waals surface area contributed by atoms with Crippen molar-refractivity contribution in [1.29, 1.82) is 0 Å². The van der Waals surface area contributed by atoms with Crippen molar-refractivity contribution in [2.24, 2.45) is 0 Å². The molecule has 124 valence electrons. The molecule has 0 unspecified atom stereocenters. The second-order valence-electron chi connectivity index (χ2n) is 4.97. The molecule has 0 aliphatic rings. The van der Waals surface area contributed by atoms with Gasteiger partial charge >= 0.3 is 0 Å². The zero-order valence-corrected chi connectivity index (χ0v) is 14.1. The van der Waals surface area contributed by atoms with Crippen LogP contribution in [0.1, 0.15) is 0 Å². The molecule has 0 saturated carbocycles. The maximum absolute atomic E-state index is 14.0. The van der Waals surface area contributed by atoms with Crippen LogP contribution in [0.25, 0.3) is 11.3 Å². The highest BCUT2D eigenvalue weighted by Gasteiger charge is 2.11. The summed E-state index contributed by atoms with van der Waals surface area (Å²) < 4.78 is 14.7. The Bertz CT molecular complexity index is 839. The Labute approximate surface area is 146 Å². The van der Waals surface area contributed by atoms with Gasteiger partial charge in [0.1, 0.15) is 5.82 Å². The number of imidazole rings is 1. The summed E-state index contributed by atoms with van der Waals surface area (Å²) in [5, 5.41) is 14.8. The summed E-state index contributed by atoms with van der Waals surface area (Å²) in [6.45, 7) is 0.416. The van der Waals surface area contributed by atoms with E-state index in [2.05, 4.69) is 41.5 Å². The maximum atomic E-state index is 14.0. The predicted octanol–water partition coefficient (Wildman–Crippen LogP) is 3.52. The molecule has 0 fully saturated rings. The molecule has 0 bridgehead atoms. The van der Waals surface area contributed by atoms with Crippen molar-refractivity contribution in [1.82, 2.24) is 15.0 Å². The summed E-state index contributed by atoms with van der Waals surface area (Å²) in [5.41, 5.74) is 2.55. The number of nitrogens with one attached hydrogen (secondary N) is 3. The van der Waals surface area contributed by atoms with Crippen LogP contribution in [0.3, 0.4) is 0 Å². The van der Waals surface area contributed by atoms with E-state index in [1.54, 1.807) is 30.7 Å². The highest BCUT2D eigenvalue weighted by atomic mass is 79.9. The second kappa shape index (κ2) is 7.41. The van der Waals surface area contributed by atoms with Gasteiger partial charge in [0.15, 0.2) is 0 Å². The SMILES string of the molecule is OCCNc1ncc(-c2ccncc2Nc2ccc(Br)cc2F)[nH]1. The van der Waals surface area contributed by atoms with Crippen LogP contribution in [-0.2, 0) is 0 Å². The van der Waals surface area contributed by atoms with Gasteiger partial charge in [-0.25, -0.2) is 9.37 Å². The molecule has 3 aromatic rings. The van der Waals surface area contributed by atoms with Gasteiger partial charge in [-0.15, -0.1) is 0 Å². The highest BCUT2D eigenvalue weighted by Crippen LogP contribution is 2.30. The molecule has 0 aliphatic heterocycles. The minimum Gasteiger partial charge on any atom is -0.395 e. The first kappa shape index (κ1) is 16.4. The first-order valence-corrected chi connectivity index (χ1v) is 8.03. The molecule has 8 heteroatoms. The van der Waals surface area contributed by atoms with Crippen LogP contribution in [0.2, 0.25) is 0 Å². The molecule has 1 aromatic carbocycles. The van der Waals surface area contributed by atoms with E-state index in [-0.39, 0.29) is 12.4 Å². The van der Waals surface area contributed by atoms with Gasteiger partial charge in [-0.2, -0.15) is 0 Å². The number of aromatic amines is 1. The lowest BCUT2D eigenvalue weighted by Gasteiger charge is -2.11. The van der Waals surface area contributed by atoms with E-state index < -0.39 is 0 Å². The summed E-state index contributed by atoms with van der Waals surface area (Å²) in [4.78, 5) is 11.4. The second-order valence-corrected chi connectivity index (χ2v) is 5.88. The Balaban J connectivity index is 1.89. The smallest absolute Gasteiger partial charge is 0.200 e. The molecule has 0 aliphatic carbocycles. The molecule has 2 aromatic heterocycles. The van der Waals surface area contributed by atoms with Gasteiger partial charge in [-0.05, 0) is 24.3 Å². The topological polar surface area (TPSA) is 85.9 Å². The molecular formula is C16H15BrFN5O. The number of nitrogens with zero attached hydrogens (tertiary/aromatic N) is 2. The summed E-state index contributed by atoms with van der Waals surface area (Å²) in [5.74, 6) is 0.186. The number of pyridine rings is 1. The van der Waals surface area contributed by atoms with E-state index in [4.69, 9.17) is 5.11 Å². The third-order valence-corrected chi connectivity index (χ3v) is 3.79. The standard InChI is InChI=1S/C16H15BrFN5O/c17-10-1-2-13(12(18)7-10)22-14-8-19-4-3-11(14)15-9-21-16(23-15)20-5-6-24/h1-4,7-9,22,24H,5-6H2,(H2,20,21,23). The quantitative estimate of drug-likeness (QED) is 0.516. The summed E-state index contributed by atoms with van der Waals surface area (Å²) in [6, 6.07) is 6.61. The van der Waals surface area contributed by atoms with Crippen LogP contribution in [-0.4, -0.2) is 33.2 Å². The van der Waals surface area contributed by atoms with Crippen LogP contribution in [0.5, 0.6) is 0 Å². The normalized spacial score (nSPS) is 10.6. The minimum absolute atomic E-state index is 0.0148. The number of halogens is 2. The lowest BCUT2D eigenvalue weighted by atomic mass is 10.1. The number of aliphatic hydroxyl groups is 1. The van der Waals surface area contributed by atoms with Crippen LogP contribution in [0.4, 0.5) is 21.7 Å². The fourth-order valence-electron chi connectivity index (χ4n) is 2.19. The van der Waals surface area contributed by atoms with E-state index in [1.165, 1.54) is 6.07 Å². The van der Waals surface area contributed by atoms with Crippen molar-refractivity contribution < 1.29 is 9.50 Å². The first-order valence-electron chi connectivity index (χ1n) is 7.23. The van der Waals surface area contributed by atoms with Gasteiger partial charge in [0.05, 0.1) is 36.1 Å². The fourth-order valence-corrected chi connectivity index (χ4v) is 2.52. The third-order valence-electron chi connectivity index (χ3n) is 3.29. The van der Waals surface area contributed by atoms with Crippen molar-refractivity contribution in [3.8, 4) is 11.3 Å². The number of H-pyrrole nitrogens is 1. The zero-order valence-electron chi connectivity index (χ0n) is 12.6. The summed E-state index contributed by atoms with van der Waals surface area (Å²) >= 11 is 3.24. The van der Waals surface area contributed by atoms with Crippen molar-refractivity contribution in [2.45, 2.75) is 0 Å². The lowest BCUT2D eigenvalue weighted by molar-refractivity contribution is 0.311. The van der Waals surface area contributed by atoms with Gasteiger partial charge in [0.2, 0.25) is 5.95 Å². The molecule has 0 spiro atoms. The van der Waals surface area contributed by atoms with Gasteiger partial charge in [0, 0.05) is 22.8 Å². The Hall–Kier alpha value is -2.45. The van der Waals surface area contributed by atoms with E-state index in [1.807, 2.05) is 6.07 Å². The number of aliphatic hydroxyl groups excluding tert-OH is 1. The Morgan fingerprint density at radius 1 is 1.21 bits per heavy atom. The molecule has 3 rings (SSSR count). The number of rotatable bonds is 6. The first-order chi connectivity index (χ1) is 11.7. The van der Waals surface area contributed by atoms with E-state index in [0.29, 0.717) is 28.3 Å². The molecule has 0 saturated heterocycles. The van der Waals surface area contributed by atoms with Crippen molar-refractivity contribution in [3.63, 3.8) is 0 Å². The molecule has 0 amide bonds. The van der Waals surface area contributed by atoms with Crippen LogP contribution in [0.15, 0.2) is 47.3 Å². The lowest BCUT2D eigenvalue weighted by Crippen LogP contribution is -2.06. The van der Waals surface area contributed by atoms with Gasteiger partial charge in [0.25, 0.3) is 0 Å². The Morgan fingerprint density at radius 3 is 2.88 bits per heavy atom. The highest BCUT2D eigenvalue weighted by molar-refractivity contribution is 9.10. The molecule has 0 radical (unpaired) electrons. The van der Waals surface area contributed by atoms with Crippen molar-refractivity contribution in [3.05, 3.63) is 53.1 Å². The average molecular weight is 392 g/mol. The number of hydrogen-bond acceptors (Lipinski definition) is 5. The number of anilines is 3. The van der Waals surface area contributed by atoms with Crippen molar-refractivity contribution >= 4 is 33.3 Å². The summed E-state index contributed by atoms with van der Waals surface area (Å²) in [7, 11) is 0. The van der Waals surface area contributed by atoms with Crippen molar-refractivity contribution in [2.75, 3.05) is 23.8 Å². The summed E-state index contributed by atoms with van der Waals surface area (Å²) in [6.07, 6.45) is 4.94. The molecule has 4 N–H and O–H groups in total. The average Bonchev–Trinajstić information content (AvgIpc) is 3.05. The number of hydrogen-bond donors (Lipinski definition) is 4. The monoisotopic (exact) mass is 391 g/mol. The van der Waals surface area contributed by atoms with Crippen LogP contribution >= 0.6 is 15.9 Å². The molecule has 24 heavy (non-hydrogen) atoms. The van der Waals surface area contributed by atoms with Gasteiger partial charge in [-0.1, -0.05) is 15.9 Å². The van der Waals surface area contributed by atoms with E-state index >= 15 is 0 Å². The Kier molecular flexibility index (Phi) is 5.07.